The van der Waals surface area contributed by atoms with E-state index in [2.05, 4.69) is 5.32 Å². The zero-order valence-electron chi connectivity index (χ0n) is 13.1. The first-order valence-corrected chi connectivity index (χ1v) is 7.08. The molecule has 0 saturated carbocycles. The molecule has 1 aliphatic heterocycles. The predicted octanol–water partition coefficient (Wildman–Crippen LogP) is 0.112. The summed E-state index contributed by atoms with van der Waals surface area (Å²) < 4.78 is 5.34. The van der Waals surface area contributed by atoms with Gasteiger partial charge in [-0.05, 0) is 19.3 Å². The van der Waals surface area contributed by atoms with Crippen LogP contribution in [0.1, 0.15) is 34.6 Å². The minimum atomic E-state index is -0.630. The average molecular weight is 285 g/mol. The Morgan fingerprint density at radius 1 is 1.35 bits per heavy atom. The fourth-order valence-corrected chi connectivity index (χ4v) is 2.01. The second-order valence-corrected chi connectivity index (χ2v) is 6.63. The summed E-state index contributed by atoms with van der Waals surface area (Å²) in [6.45, 7) is 10.6. The second-order valence-electron chi connectivity index (χ2n) is 6.63. The number of nitrogens with two attached hydrogens (primary N) is 1. The van der Waals surface area contributed by atoms with Gasteiger partial charge in [0.2, 0.25) is 11.8 Å². The number of ether oxygens (including phenoxy) is 1. The van der Waals surface area contributed by atoms with E-state index in [0.717, 1.165) is 0 Å². The summed E-state index contributed by atoms with van der Waals surface area (Å²) in [4.78, 5) is 26.2. The summed E-state index contributed by atoms with van der Waals surface area (Å²) in [6.07, 6.45) is 0. The lowest BCUT2D eigenvalue weighted by Crippen LogP contribution is -2.61. The maximum absolute atomic E-state index is 12.5. The molecule has 2 atom stereocenters. The molecule has 1 fully saturated rings. The molecule has 2 amide bonds. The molecule has 0 radical (unpaired) electrons. The van der Waals surface area contributed by atoms with Crippen LogP contribution in [0.25, 0.3) is 0 Å². The molecule has 0 aromatic carbocycles. The van der Waals surface area contributed by atoms with Gasteiger partial charge >= 0.3 is 0 Å². The minimum absolute atomic E-state index is 0.0256. The van der Waals surface area contributed by atoms with Gasteiger partial charge in [-0.15, -0.1) is 0 Å². The summed E-state index contributed by atoms with van der Waals surface area (Å²) >= 11 is 0. The van der Waals surface area contributed by atoms with E-state index in [1.54, 1.807) is 4.90 Å². The molecule has 1 aliphatic rings. The molecule has 6 nitrogen and oxygen atoms in total. The first kappa shape index (κ1) is 16.9. The van der Waals surface area contributed by atoms with Crippen LogP contribution >= 0.6 is 0 Å². The standard InChI is InChI=1S/C14H27N3O3/c1-9(2)16-12(18)10-8-20-7-6-17(10)13(19)11(15)14(3,4)5/h9-11H,6-8,15H2,1-5H3,(H,16,18). The van der Waals surface area contributed by atoms with E-state index in [0.29, 0.717) is 13.2 Å². The highest BCUT2D eigenvalue weighted by molar-refractivity contribution is 5.90. The van der Waals surface area contributed by atoms with Crippen molar-refractivity contribution in [3.8, 4) is 0 Å². The third-order valence-electron chi connectivity index (χ3n) is 3.34. The number of carbonyl (C=O) groups excluding carboxylic acids is 2. The Bertz CT molecular complexity index is 363. The van der Waals surface area contributed by atoms with Gasteiger partial charge in [-0.25, -0.2) is 0 Å². The molecular formula is C14H27N3O3. The van der Waals surface area contributed by atoms with Gasteiger partial charge in [-0.2, -0.15) is 0 Å². The largest absolute Gasteiger partial charge is 0.377 e. The Hall–Kier alpha value is -1.14. The fourth-order valence-electron chi connectivity index (χ4n) is 2.01. The fraction of sp³-hybridized carbons (Fsp3) is 0.857. The van der Waals surface area contributed by atoms with Gasteiger partial charge in [-0.1, -0.05) is 20.8 Å². The van der Waals surface area contributed by atoms with Crippen LogP contribution in [0.2, 0.25) is 0 Å². The van der Waals surface area contributed by atoms with Crippen molar-refractivity contribution in [3.63, 3.8) is 0 Å². The molecular weight excluding hydrogens is 258 g/mol. The van der Waals surface area contributed by atoms with E-state index >= 15 is 0 Å². The van der Waals surface area contributed by atoms with Gasteiger partial charge < -0.3 is 20.7 Å². The van der Waals surface area contributed by atoms with Gasteiger partial charge in [0.15, 0.2) is 0 Å². The van der Waals surface area contributed by atoms with Gasteiger partial charge in [0.1, 0.15) is 6.04 Å². The predicted molar refractivity (Wildman–Crippen MR) is 77.0 cm³/mol. The van der Waals surface area contributed by atoms with E-state index in [1.165, 1.54) is 0 Å². The Labute approximate surface area is 121 Å². The highest BCUT2D eigenvalue weighted by atomic mass is 16.5. The van der Waals surface area contributed by atoms with Gasteiger partial charge in [0, 0.05) is 12.6 Å². The van der Waals surface area contributed by atoms with Crippen molar-refractivity contribution < 1.29 is 14.3 Å². The van der Waals surface area contributed by atoms with Crippen LogP contribution in [0.4, 0.5) is 0 Å². The summed E-state index contributed by atoms with van der Waals surface area (Å²) in [5.74, 6) is -0.376. The molecule has 6 heteroatoms. The van der Waals surface area contributed by atoms with Crippen molar-refractivity contribution >= 4 is 11.8 Å². The molecule has 0 aromatic rings. The number of morpholine rings is 1. The Kier molecular flexibility index (Phi) is 5.53. The smallest absolute Gasteiger partial charge is 0.245 e. The lowest BCUT2D eigenvalue weighted by atomic mass is 9.86. The number of hydrogen-bond acceptors (Lipinski definition) is 4. The van der Waals surface area contributed by atoms with Crippen molar-refractivity contribution in [2.75, 3.05) is 19.8 Å². The number of carbonyl (C=O) groups is 2. The van der Waals surface area contributed by atoms with E-state index in [-0.39, 0.29) is 29.9 Å². The van der Waals surface area contributed by atoms with Crippen LogP contribution in [0.3, 0.4) is 0 Å². The number of hydrogen-bond donors (Lipinski definition) is 2. The van der Waals surface area contributed by atoms with Crippen molar-refractivity contribution in [3.05, 3.63) is 0 Å². The molecule has 3 N–H and O–H groups in total. The zero-order valence-corrected chi connectivity index (χ0v) is 13.1. The van der Waals surface area contributed by atoms with Crippen molar-refractivity contribution in [1.82, 2.24) is 10.2 Å². The highest BCUT2D eigenvalue weighted by Gasteiger charge is 2.38. The third kappa shape index (κ3) is 4.18. The molecule has 0 bridgehead atoms. The van der Waals surface area contributed by atoms with E-state index in [1.807, 2.05) is 34.6 Å². The quantitative estimate of drug-likeness (QED) is 0.771. The Balaban J connectivity index is 2.83. The SMILES string of the molecule is CC(C)NC(=O)C1COCCN1C(=O)C(N)C(C)(C)C. The number of nitrogens with one attached hydrogen (secondary N) is 1. The summed E-state index contributed by atoms with van der Waals surface area (Å²) in [7, 11) is 0. The monoisotopic (exact) mass is 285 g/mol. The number of rotatable bonds is 3. The Morgan fingerprint density at radius 2 is 1.95 bits per heavy atom. The van der Waals surface area contributed by atoms with Crippen LogP contribution in [-0.4, -0.2) is 54.6 Å². The van der Waals surface area contributed by atoms with Crippen molar-refractivity contribution in [2.45, 2.75) is 52.7 Å². The number of amides is 2. The molecule has 0 spiro atoms. The maximum atomic E-state index is 12.5. The van der Waals surface area contributed by atoms with Crippen LogP contribution in [-0.2, 0) is 14.3 Å². The molecule has 20 heavy (non-hydrogen) atoms. The average Bonchev–Trinajstić information content (AvgIpc) is 2.35. The molecule has 116 valence electrons. The van der Waals surface area contributed by atoms with Crippen LogP contribution in [0.5, 0.6) is 0 Å². The van der Waals surface area contributed by atoms with Crippen molar-refractivity contribution in [1.29, 1.82) is 0 Å². The van der Waals surface area contributed by atoms with Crippen molar-refractivity contribution in [2.24, 2.45) is 11.1 Å². The lowest BCUT2D eigenvalue weighted by molar-refractivity contribution is -0.151. The minimum Gasteiger partial charge on any atom is -0.377 e. The molecule has 1 saturated heterocycles. The van der Waals surface area contributed by atoms with Gasteiger partial charge in [0.05, 0.1) is 19.3 Å². The molecule has 0 aromatic heterocycles. The van der Waals surface area contributed by atoms with Gasteiger partial charge in [0.25, 0.3) is 0 Å². The highest BCUT2D eigenvalue weighted by Crippen LogP contribution is 2.21. The summed E-state index contributed by atoms with van der Waals surface area (Å²) in [5, 5.41) is 2.82. The molecule has 1 heterocycles. The summed E-state index contributed by atoms with van der Waals surface area (Å²) in [6, 6.07) is -1.19. The van der Waals surface area contributed by atoms with Crippen LogP contribution in [0.15, 0.2) is 0 Å². The second kappa shape index (κ2) is 6.54. The zero-order chi connectivity index (χ0) is 15.5. The van der Waals surface area contributed by atoms with E-state index in [4.69, 9.17) is 10.5 Å². The normalized spacial score (nSPS) is 21.8. The van der Waals surface area contributed by atoms with Gasteiger partial charge in [-0.3, -0.25) is 9.59 Å². The topological polar surface area (TPSA) is 84.7 Å². The molecule has 2 unspecified atom stereocenters. The third-order valence-corrected chi connectivity index (χ3v) is 3.34. The maximum Gasteiger partial charge on any atom is 0.245 e. The van der Waals surface area contributed by atoms with E-state index < -0.39 is 12.1 Å². The lowest BCUT2D eigenvalue weighted by Gasteiger charge is -2.38. The van der Waals surface area contributed by atoms with Crippen LogP contribution in [0, 0.1) is 5.41 Å². The summed E-state index contributed by atoms with van der Waals surface area (Å²) in [5.41, 5.74) is 5.69. The number of nitrogens with zero attached hydrogens (tertiary/aromatic N) is 1. The van der Waals surface area contributed by atoms with Crippen LogP contribution < -0.4 is 11.1 Å². The Morgan fingerprint density at radius 3 is 2.45 bits per heavy atom. The first-order chi connectivity index (χ1) is 9.14. The van der Waals surface area contributed by atoms with E-state index in [9.17, 15) is 9.59 Å². The molecule has 1 rings (SSSR count). The molecule has 0 aliphatic carbocycles. The first-order valence-electron chi connectivity index (χ1n) is 7.08.